The molecule has 0 radical (unpaired) electrons. The number of nitrogens with one attached hydrogen (secondary N) is 2. The van der Waals surface area contributed by atoms with Crippen molar-refractivity contribution in [3.63, 3.8) is 0 Å². The smallest absolute Gasteiger partial charge is 0.296 e. The fourth-order valence-electron chi connectivity index (χ4n) is 1.47. The van der Waals surface area contributed by atoms with Crippen LogP contribution in [0.15, 0.2) is 42.9 Å². The first-order valence-electron chi connectivity index (χ1n) is 5.42. The molecule has 7 nitrogen and oxygen atoms in total. The quantitative estimate of drug-likeness (QED) is 0.746. The minimum atomic E-state index is -3.76. The molecule has 0 spiro atoms. The van der Waals surface area contributed by atoms with Crippen LogP contribution in [0.1, 0.15) is 5.69 Å². The van der Waals surface area contributed by atoms with Crippen LogP contribution in [0.3, 0.4) is 0 Å². The van der Waals surface area contributed by atoms with Gasteiger partial charge in [0.05, 0.1) is 24.1 Å². The van der Waals surface area contributed by atoms with E-state index in [4.69, 9.17) is 5.14 Å². The highest BCUT2D eigenvalue weighted by Crippen LogP contribution is 2.16. The maximum absolute atomic E-state index is 10.9. The summed E-state index contributed by atoms with van der Waals surface area (Å²) >= 11 is 0. The van der Waals surface area contributed by atoms with Crippen LogP contribution in [-0.4, -0.2) is 18.4 Å². The lowest BCUT2D eigenvalue weighted by Gasteiger charge is -2.08. The van der Waals surface area contributed by atoms with Crippen molar-refractivity contribution < 1.29 is 8.42 Å². The van der Waals surface area contributed by atoms with Gasteiger partial charge in [0, 0.05) is 18.1 Å². The number of aromatic nitrogens is 2. The zero-order chi connectivity index (χ0) is 13.7. The minimum Gasteiger partial charge on any atom is -0.379 e. The van der Waals surface area contributed by atoms with Gasteiger partial charge in [-0.05, 0) is 18.2 Å². The average molecular weight is 279 g/mol. The number of nitrogens with two attached hydrogens (primary N) is 1. The molecule has 1 aromatic carbocycles. The van der Waals surface area contributed by atoms with Crippen molar-refractivity contribution >= 4 is 21.6 Å². The summed E-state index contributed by atoms with van der Waals surface area (Å²) in [7, 11) is -3.76. The molecule has 0 aliphatic rings. The van der Waals surface area contributed by atoms with E-state index < -0.39 is 10.2 Å². The van der Waals surface area contributed by atoms with E-state index in [0.29, 0.717) is 12.2 Å². The zero-order valence-electron chi connectivity index (χ0n) is 9.95. The summed E-state index contributed by atoms with van der Waals surface area (Å²) in [5.41, 5.74) is 1.93. The highest BCUT2D eigenvalue weighted by molar-refractivity contribution is 7.90. The monoisotopic (exact) mass is 279 g/mol. The summed E-state index contributed by atoms with van der Waals surface area (Å²) in [5, 5.41) is 8.01. The van der Waals surface area contributed by atoms with Crippen LogP contribution in [0.5, 0.6) is 0 Å². The molecule has 0 aliphatic carbocycles. The number of rotatable bonds is 5. The first-order chi connectivity index (χ1) is 9.03. The van der Waals surface area contributed by atoms with Crippen molar-refractivity contribution in [3.8, 4) is 0 Å². The Kier molecular flexibility index (Phi) is 3.93. The minimum absolute atomic E-state index is 0.395. The second-order valence-electron chi connectivity index (χ2n) is 3.78. The van der Waals surface area contributed by atoms with Gasteiger partial charge in [0.25, 0.3) is 10.2 Å². The fraction of sp³-hybridized carbons (Fsp3) is 0.0909. The molecule has 19 heavy (non-hydrogen) atoms. The highest BCUT2D eigenvalue weighted by Gasteiger charge is 2.02. The van der Waals surface area contributed by atoms with Crippen LogP contribution in [0, 0.1) is 0 Å². The lowest BCUT2D eigenvalue weighted by molar-refractivity contribution is 0.603. The molecule has 0 amide bonds. The van der Waals surface area contributed by atoms with E-state index in [1.807, 2.05) is 6.07 Å². The van der Waals surface area contributed by atoms with E-state index in [9.17, 15) is 8.42 Å². The Balaban J connectivity index is 2.03. The number of hydrogen-bond acceptors (Lipinski definition) is 5. The van der Waals surface area contributed by atoms with Crippen molar-refractivity contribution in [3.05, 3.63) is 48.5 Å². The SMILES string of the molecule is NS(=O)(=O)Nc1cccc(NCc2cnccn2)c1. The van der Waals surface area contributed by atoms with Gasteiger partial charge in [-0.25, -0.2) is 5.14 Å². The molecule has 0 atom stereocenters. The molecule has 4 N–H and O–H groups in total. The van der Waals surface area contributed by atoms with Crippen LogP contribution < -0.4 is 15.2 Å². The zero-order valence-corrected chi connectivity index (χ0v) is 10.8. The van der Waals surface area contributed by atoms with Gasteiger partial charge in [0.15, 0.2) is 0 Å². The predicted octanol–water partition coefficient (Wildman–Crippen LogP) is 0.704. The summed E-state index contributed by atoms with van der Waals surface area (Å²) in [6.45, 7) is 0.493. The Bertz CT molecular complexity index is 645. The van der Waals surface area contributed by atoms with Gasteiger partial charge in [-0.1, -0.05) is 6.07 Å². The molecular formula is C11H13N5O2S. The van der Waals surface area contributed by atoms with Gasteiger partial charge in [0.1, 0.15) is 0 Å². The summed E-state index contributed by atoms with van der Waals surface area (Å²) in [4.78, 5) is 8.07. The van der Waals surface area contributed by atoms with Gasteiger partial charge >= 0.3 is 0 Å². The highest BCUT2D eigenvalue weighted by atomic mass is 32.2. The molecule has 0 bridgehead atoms. The largest absolute Gasteiger partial charge is 0.379 e. The topological polar surface area (TPSA) is 110 Å². The van der Waals surface area contributed by atoms with Crippen molar-refractivity contribution in [2.45, 2.75) is 6.54 Å². The van der Waals surface area contributed by atoms with Crippen molar-refractivity contribution in [1.29, 1.82) is 0 Å². The molecule has 2 aromatic rings. The fourth-order valence-corrected chi connectivity index (χ4v) is 1.93. The molecule has 8 heteroatoms. The Morgan fingerprint density at radius 2 is 2.00 bits per heavy atom. The molecule has 1 heterocycles. The van der Waals surface area contributed by atoms with Crippen LogP contribution in [0.2, 0.25) is 0 Å². The number of anilines is 2. The first kappa shape index (κ1) is 13.2. The lowest BCUT2D eigenvalue weighted by Crippen LogP contribution is -2.21. The molecule has 1 aromatic heterocycles. The third-order valence-electron chi connectivity index (χ3n) is 2.21. The Morgan fingerprint density at radius 3 is 2.68 bits per heavy atom. The van der Waals surface area contributed by atoms with E-state index in [1.165, 1.54) is 0 Å². The Hall–Kier alpha value is -2.19. The summed E-state index contributed by atoms with van der Waals surface area (Å²) in [5.74, 6) is 0. The standard InChI is InChI=1S/C11H13N5O2S/c12-19(17,18)16-10-3-1-2-9(6-10)15-8-11-7-13-4-5-14-11/h1-7,15-16H,8H2,(H2,12,17,18). The van der Waals surface area contributed by atoms with Crippen molar-refractivity contribution in [2.75, 3.05) is 10.0 Å². The number of nitrogens with zero attached hydrogens (tertiary/aromatic N) is 2. The normalized spacial score (nSPS) is 11.0. The first-order valence-corrected chi connectivity index (χ1v) is 6.97. The van der Waals surface area contributed by atoms with Crippen LogP contribution >= 0.6 is 0 Å². The second-order valence-corrected chi connectivity index (χ2v) is 5.07. The van der Waals surface area contributed by atoms with Crippen LogP contribution in [-0.2, 0) is 16.8 Å². The summed E-state index contributed by atoms with van der Waals surface area (Å²) < 4.78 is 24.0. The van der Waals surface area contributed by atoms with E-state index in [-0.39, 0.29) is 0 Å². The van der Waals surface area contributed by atoms with Crippen molar-refractivity contribution in [2.24, 2.45) is 5.14 Å². The number of benzene rings is 1. The molecule has 0 unspecified atom stereocenters. The van der Waals surface area contributed by atoms with Crippen molar-refractivity contribution in [1.82, 2.24) is 9.97 Å². The Labute approximate surface area is 111 Å². The molecule has 100 valence electrons. The molecule has 2 rings (SSSR count). The van der Waals surface area contributed by atoms with E-state index in [2.05, 4.69) is 20.0 Å². The molecule has 0 saturated carbocycles. The average Bonchev–Trinajstić information content (AvgIpc) is 2.36. The third kappa shape index (κ3) is 4.53. The van der Waals surface area contributed by atoms with Gasteiger partial charge in [-0.15, -0.1) is 0 Å². The maximum Gasteiger partial charge on any atom is 0.296 e. The summed E-state index contributed by atoms with van der Waals surface area (Å²) in [6.07, 6.45) is 4.86. The molecular weight excluding hydrogens is 266 g/mol. The molecule has 0 fully saturated rings. The molecule has 0 aliphatic heterocycles. The van der Waals surface area contributed by atoms with Crippen LogP contribution in [0.4, 0.5) is 11.4 Å². The van der Waals surface area contributed by atoms with E-state index in [1.54, 1.807) is 36.8 Å². The molecule has 0 saturated heterocycles. The van der Waals surface area contributed by atoms with Gasteiger partial charge in [-0.3, -0.25) is 14.7 Å². The third-order valence-corrected chi connectivity index (χ3v) is 2.73. The second kappa shape index (κ2) is 5.63. The van der Waals surface area contributed by atoms with E-state index in [0.717, 1.165) is 11.4 Å². The van der Waals surface area contributed by atoms with E-state index >= 15 is 0 Å². The van der Waals surface area contributed by atoms with Gasteiger partial charge in [-0.2, -0.15) is 8.42 Å². The van der Waals surface area contributed by atoms with Gasteiger partial charge < -0.3 is 5.32 Å². The predicted molar refractivity (Wildman–Crippen MR) is 72.5 cm³/mol. The Morgan fingerprint density at radius 1 is 1.21 bits per heavy atom. The number of hydrogen-bond donors (Lipinski definition) is 3. The van der Waals surface area contributed by atoms with Gasteiger partial charge in [0.2, 0.25) is 0 Å². The summed E-state index contributed by atoms with van der Waals surface area (Å²) in [6, 6.07) is 6.77. The maximum atomic E-state index is 10.9. The lowest BCUT2D eigenvalue weighted by atomic mass is 10.3. The van der Waals surface area contributed by atoms with Crippen LogP contribution in [0.25, 0.3) is 0 Å².